The lowest BCUT2D eigenvalue weighted by molar-refractivity contribution is -0.146. The van der Waals surface area contributed by atoms with Gasteiger partial charge in [-0.2, -0.15) is 0 Å². The van der Waals surface area contributed by atoms with E-state index in [9.17, 15) is 18.4 Å². The highest BCUT2D eigenvalue weighted by atomic mass is 19.2. The van der Waals surface area contributed by atoms with E-state index in [0.29, 0.717) is 0 Å². The molecule has 1 atom stereocenters. The van der Waals surface area contributed by atoms with Gasteiger partial charge in [-0.3, -0.25) is 0 Å². The summed E-state index contributed by atoms with van der Waals surface area (Å²) in [6, 6.07) is 1.88. The van der Waals surface area contributed by atoms with Crippen LogP contribution in [0.5, 0.6) is 0 Å². The largest absolute Gasteiger partial charge is 0.479 e. The number of hydrogen-bond acceptors (Lipinski definition) is 3. The van der Waals surface area contributed by atoms with E-state index in [1.54, 1.807) is 0 Å². The Bertz CT molecular complexity index is 467. The minimum atomic E-state index is -1.74. The molecule has 0 bridgehead atoms. The normalized spacial score (nSPS) is 11.7. The van der Waals surface area contributed by atoms with Gasteiger partial charge < -0.3 is 20.8 Å². The van der Waals surface area contributed by atoms with E-state index >= 15 is 0 Å². The van der Waals surface area contributed by atoms with Gasteiger partial charge in [0.05, 0.1) is 6.54 Å². The Morgan fingerprint density at radius 3 is 2.50 bits per heavy atom. The maximum absolute atomic E-state index is 12.8. The number of halogens is 2. The van der Waals surface area contributed by atoms with Crippen LogP contribution in [0.2, 0.25) is 0 Å². The first-order valence-electron chi connectivity index (χ1n) is 4.81. The molecule has 2 amide bonds. The van der Waals surface area contributed by atoms with Gasteiger partial charge in [0.25, 0.3) is 0 Å². The Hall–Kier alpha value is -2.22. The Morgan fingerprint density at radius 1 is 1.28 bits per heavy atom. The van der Waals surface area contributed by atoms with Gasteiger partial charge in [0.15, 0.2) is 17.7 Å². The third-order valence-corrected chi connectivity index (χ3v) is 1.92. The molecule has 0 saturated carbocycles. The number of aliphatic carboxylic acids is 1. The van der Waals surface area contributed by atoms with E-state index in [-0.39, 0.29) is 5.69 Å². The predicted molar refractivity (Wildman–Crippen MR) is 57.0 cm³/mol. The molecule has 0 spiro atoms. The molecule has 1 unspecified atom stereocenters. The van der Waals surface area contributed by atoms with Gasteiger partial charge in [-0.15, -0.1) is 0 Å². The monoisotopic (exact) mass is 260 g/mol. The molecule has 0 aromatic heterocycles. The number of aliphatic hydroxyl groups excluding tert-OH is 1. The van der Waals surface area contributed by atoms with Crippen LogP contribution in [0.15, 0.2) is 18.2 Å². The number of rotatable bonds is 4. The Balaban J connectivity index is 2.49. The van der Waals surface area contributed by atoms with Gasteiger partial charge in [-0.25, -0.2) is 18.4 Å². The summed E-state index contributed by atoms with van der Waals surface area (Å²) in [4.78, 5) is 21.4. The van der Waals surface area contributed by atoms with Gasteiger partial charge in [-0.1, -0.05) is 0 Å². The van der Waals surface area contributed by atoms with Gasteiger partial charge in [0.2, 0.25) is 0 Å². The lowest BCUT2D eigenvalue weighted by Crippen LogP contribution is -2.38. The van der Waals surface area contributed by atoms with Crippen LogP contribution >= 0.6 is 0 Å². The van der Waals surface area contributed by atoms with Gasteiger partial charge in [0, 0.05) is 11.8 Å². The Labute approximate surface area is 100 Å². The second-order valence-corrected chi connectivity index (χ2v) is 3.32. The molecule has 98 valence electrons. The maximum atomic E-state index is 12.8. The highest BCUT2D eigenvalue weighted by Gasteiger charge is 2.14. The summed E-state index contributed by atoms with van der Waals surface area (Å²) in [6.07, 6.45) is -1.74. The molecule has 0 fully saturated rings. The molecule has 0 radical (unpaired) electrons. The minimum absolute atomic E-state index is 0.00350. The fraction of sp³-hybridized carbons (Fsp3) is 0.200. The summed E-state index contributed by atoms with van der Waals surface area (Å²) in [6.45, 7) is -0.509. The van der Waals surface area contributed by atoms with Crippen LogP contribution in [0.4, 0.5) is 19.3 Å². The van der Waals surface area contributed by atoms with Crippen LogP contribution in [0.25, 0.3) is 0 Å². The first-order chi connectivity index (χ1) is 8.40. The molecule has 1 rings (SSSR count). The average Bonchev–Trinajstić information content (AvgIpc) is 2.30. The zero-order valence-electron chi connectivity index (χ0n) is 8.98. The maximum Gasteiger partial charge on any atom is 0.334 e. The molecule has 4 N–H and O–H groups in total. The first-order valence-corrected chi connectivity index (χ1v) is 4.81. The third-order valence-electron chi connectivity index (χ3n) is 1.92. The number of anilines is 1. The van der Waals surface area contributed by atoms with Crippen LogP contribution in [0, 0.1) is 11.6 Å². The van der Waals surface area contributed by atoms with Crippen LogP contribution in [0.1, 0.15) is 0 Å². The molecule has 1 aromatic carbocycles. The van der Waals surface area contributed by atoms with Crippen molar-refractivity contribution < 1.29 is 28.6 Å². The van der Waals surface area contributed by atoms with Crippen molar-refractivity contribution in [3.8, 4) is 0 Å². The minimum Gasteiger partial charge on any atom is -0.479 e. The summed E-state index contributed by atoms with van der Waals surface area (Å²) < 4.78 is 25.4. The van der Waals surface area contributed by atoms with E-state index < -0.39 is 36.3 Å². The summed E-state index contributed by atoms with van der Waals surface area (Å²) in [5, 5.41) is 21.4. The number of urea groups is 1. The summed E-state index contributed by atoms with van der Waals surface area (Å²) in [5.74, 6) is -3.66. The lowest BCUT2D eigenvalue weighted by atomic mass is 10.3. The number of carbonyl (C=O) groups is 2. The molecule has 0 heterocycles. The quantitative estimate of drug-likeness (QED) is 0.634. The number of carboxylic acid groups (broad SMARTS) is 1. The Kier molecular flexibility index (Phi) is 4.55. The van der Waals surface area contributed by atoms with Crippen molar-refractivity contribution in [1.29, 1.82) is 0 Å². The van der Waals surface area contributed by atoms with Gasteiger partial charge >= 0.3 is 12.0 Å². The van der Waals surface area contributed by atoms with Gasteiger partial charge in [-0.05, 0) is 12.1 Å². The fourth-order valence-corrected chi connectivity index (χ4v) is 1.03. The lowest BCUT2D eigenvalue weighted by Gasteiger charge is -2.09. The molecule has 0 aliphatic rings. The van der Waals surface area contributed by atoms with Crippen LogP contribution in [0.3, 0.4) is 0 Å². The predicted octanol–water partition coefficient (Wildman–Crippen LogP) is 0.532. The molecular weight excluding hydrogens is 250 g/mol. The molecule has 18 heavy (non-hydrogen) atoms. The number of carbonyl (C=O) groups excluding carboxylic acids is 1. The highest BCUT2D eigenvalue weighted by molar-refractivity contribution is 5.89. The second-order valence-electron chi connectivity index (χ2n) is 3.32. The SMILES string of the molecule is O=C(NCC(O)C(=O)O)Nc1ccc(F)c(F)c1. The second kappa shape index (κ2) is 5.92. The van der Waals surface area contributed by atoms with Crippen molar-refractivity contribution in [2.24, 2.45) is 0 Å². The Morgan fingerprint density at radius 2 is 1.94 bits per heavy atom. The zero-order chi connectivity index (χ0) is 13.7. The van der Waals surface area contributed by atoms with Crippen LogP contribution < -0.4 is 10.6 Å². The fourth-order valence-electron chi connectivity index (χ4n) is 1.03. The third kappa shape index (κ3) is 3.98. The van der Waals surface area contributed by atoms with E-state index in [1.807, 2.05) is 5.32 Å². The van der Waals surface area contributed by atoms with E-state index in [4.69, 9.17) is 10.2 Å². The molecule has 1 aromatic rings. The smallest absolute Gasteiger partial charge is 0.334 e. The van der Waals surface area contributed by atoms with E-state index in [2.05, 4.69) is 5.32 Å². The van der Waals surface area contributed by atoms with Crippen molar-refractivity contribution in [2.45, 2.75) is 6.10 Å². The van der Waals surface area contributed by atoms with Crippen molar-refractivity contribution >= 4 is 17.7 Å². The molecular formula is C10H10F2N2O4. The highest BCUT2D eigenvalue weighted by Crippen LogP contribution is 2.12. The number of hydrogen-bond donors (Lipinski definition) is 4. The van der Waals surface area contributed by atoms with E-state index in [0.717, 1.165) is 18.2 Å². The topological polar surface area (TPSA) is 98.7 Å². The first kappa shape index (κ1) is 13.8. The number of aliphatic hydroxyl groups is 1. The number of amides is 2. The van der Waals surface area contributed by atoms with Crippen LogP contribution in [-0.4, -0.2) is 34.9 Å². The number of carboxylic acids is 1. The number of nitrogens with one attached hydrogen (secondary N) is 2. The molecule has 0 aliphatic carbocycles. The average molecular weight is 260 g/mol. The van der Waals surface area contributed by atoms with E-state index in [1.165, 1.54) is 0 Å². The van der Waals surface area contributed by atoms with Crippen molar-refractivity contribution in [3.63, 3.8) is 0 Å². The molecule has 0 aliphatic heterocycles. The summed E-state index contributed by atoms with van der Waals surface area (Å²) >= 11 is 0. The molecule has 8 heteroatoms. The molecule has 6 nitrogen and oxygen atoms in total. The summed E-state index contributed by atoms with van der Waals surface area (Å²) in [5.41, 5.74) is -0.00350. The van der Waals surface area contributed by atoms with Gasteiger partial charge in [0.1, 0.15) is 0 Å². The summed E-state index contributed by atoms with van der Waals surface area (Å²) in [7, 11) is 0. The van der Waals surface area contributed by atoms with Crippen LogP contribution in [-0.2, 0) is 4.79 Å². The standard InChI is InChI=1S/C10H10F2N2O4/c11-6-2-1-5(3-7(6)12)14-10(18)13-4-8(15)9(16)17/h1-3,8,15H,4H2,(H,16,17)(H2,13,14,18). The zero-order valence-corrected chi connectivity index (χ0v) is 8.98. The number of benzene rings is 1. The molecule has 0 saturated heterocycles. The van der Waals surface area contributed by atoms with Crippen molar-refractivity contribution in [1.82, 2.24) is 5.32 Å². The van der Waals surface area contributed by atoms with Crippen molar-refractivity contribution in [2.75, 3.05) is 11.9 Å². The van der Waals surface area contributed by atoms with Crippen molar-refractivity contribution in [3.05, 3.63) is 29.8 Å².